The van der Waals surface area contributed by atoms with Gasteiger partial charge in [0, 0.05) is 18.5 Å². The maximum Gasteiger partial charge on any atom is 0.0458 e. The molecule has 0 aliphatic heterocycles. The highest BCUT2D eigenvalue weighted by atomic mass is 35.5. The Morgan fingerprint density at radius 2 is 1.93 bits per heavy atom. The normalized spacial score (nSPS) is 12.8. The summed E-state index contributed by atoms with van der Waals surface area (Å²) in [6.45, 7) is 5.99. The van der Waals surface area contributed by atoms with Crippen LogP contribution in [0.4, 0.5) is 0 Å². The molecule has 14 heavy (non-hydrogen) atoms. The lowest BCUT2D eigenvalue weighted by Gasteiger charge is -2.08. The van der Waals surface area contributed by atoms with E-state index < -0.39 is 0 Å². The number of aryl methyl sites for hydroxylation is 1. The Balaban J connectivity index is 2.28. The number of alkyl halides is 1. The summed E-state index contributed by atoms with van der Waals surface area (Å²) in [6.07, 6.45) is 1.02. The van der Waals surface area contributed by atoms with Gasteiger partial charge in [0.05, 0.1) is 0 Å². The second-order valence-electron chi connectivity index (χ2n) is 3.62. The number of hydrogen-bond donors (Lipinski definition) is 1. The van der Waals surface area contributed by atoms with Gasteiger partial charge in [-0.15, -0.1) is 11.6 Å². The zero-order valence-corrected chi connectivity index (χ0v) is 9.64. The van der Waals surface area contributed by atoms with Crippen LogP contribution in [0.15, 0.2) is 24.3 Å². The molecule has 0 spiro atoms. The SMILES string of the molecule is CCC(Cl)CNCc1ccc(C)cc1. The van der Waals surface area contributed by atoms with E-state index in [0.717, 1.165) is 19.5 Å². The Morgan fingerprint density at radius 3 is 2.50 bits per heavy atom. The quantitative estimate of drug-likeness (QED) is 0.739. The van der Waals surface area contributed by atoms with Crippen LogP contribution in [-0.4, -0.2) is 11.9 Å². The van der Waals surface area contributed by atoms with Gasteiger partial charge in [-0.25, -0.2) is 0 Å². The van der Waals surface area contributed by atoms with Crippen molar-refractivity contribution in [1.82, 2.24) is 5.32 Å². The summed E-state index contributed by atoms with van der Waals surface area (Å²) >= 11 is 5.99. The molecular formula is C12H18ClN. The lowest BCUT2D eigenvalue weighted by Crippen LogP contribution is -2.22. The van der Waals surface area contributed by atoms with Gasteiger partial charge in [-0.05, 0) is 18.9 Å². The molecule has 1 nitrogen and oxygen atoms in total. The number of halogens is 1. The van der Waals surface area contributed by atoms with Gasteiger partial charge in [0.1, 0.15) is 0 Å². The minimum absolute atomic E-state index is 0.250. The van der Waals surface area contributed by atoms with Crippen LogP contribution in [0.5, 0.6) is 0 Å². The van der Waals surface area contributed by atoms with Crippen molar-refractivity contribution in [3.05, 3.63) is 35.4 Å². The van der Waals surface area contributed by atoms with E-state index in [2.05, 4.69) is 43.4 Å². The van der Waals surface area contributed by atoms with E-state index in [-0.39, 0.29) is 5.38 Å². The fourth-order valence-electron chi connectivity index (χ4n) is 1.22. The molecule has 1 rings (SSSR count). The van der Waals surface area contributed by atoms with Crippen molar-refractivity contribution in [2.24, 2.45) is 0 Å². The van der Waals surface area contributed by atoms with Gasteiger partial charge >= 0.3 is 0 Å². The first-order chi connectivity index (χ1) is 6.72. The molecule has 0 aliphatic rings. The lowest BCUT2D eigenvalue weighted by atomic mass is 10.1. The monoisotopic (exact) mass is 211 g/mol. The lowest BCUT2D eigenvalue weighted by molar-refractivity contribution is 0.647. The van der Waals surface area contributed by atoms with Crippen LogP contribution in [0, 0.1) is 6.92 Å². The molecule has 0 fully saturated rings. The van der Waals surface area contributed by atoms with Gasteiger partial charge in [0.25, 0.3) is 0 Å². The fourth-order valence-corrected chi connectivity index (χ4v) is 1.33. The molecule has 1 N–H and O–H groups in total. The van der Waals surface area contributed by atoms with Crippen molar-refractivity contribution < 1.29 is 0 Å². The molecule has 0 radical (unpaired) electrons. The van der Waals surface area contributed by atoms with Crippen LogP contribution >= 0.6 is 11.6 Å². The molecule has 2 heteroatoms. The third-order valence-electron chi connectivity index (χ3n) is 2.26. The molecule has 1 aromatic carbocycles. The van der Waals surface area contributed by atoms with Crippen molar-refractivity contribution >= 4 is 11.6 Å². The fraction of sp³-hybridized carbons (Fsp3) is 0.500. The Kier molecular flexibility index (Phi) is 4.99. The summed E-state index contributed by atoms with van der Waals surface area (Å²) in [5, 5.41) is 3.59. The zero-order chi connectivity index (χ0) is 10.4. The predicted molar refractivity (Wildman–Crippen MR) is 62.8 cm³/mol. The van der Waals surface area contributed by atoms with Gasteiger partial charge in [-0.3, -0.25) is 0 Å². The van der Waals surface area contributed by atoms with Gasteiger partial charge in [-0.1, -0.05) is 36.8 Å². The summed E-state index contributed by atoms with van der Waals surface area (Å²) in [6, 6.07) is 8.57. The van der Waals surface area contributed by atoms with E-state index >= 15 is 0 Å². The van der Waals surface area contributed by atoms with Crippen LogP contribution in [0.3, 0.4) is 0 Å². The number of benzene rings is 1. The summed E-state index contributed by atoms with van der Waals surface area (Å²) in [7, 11) is 0. The third kappa shape index (κ3) is 4.12. The van der Waals surface area contributed by atoms with E-state index in [1.807, 2.05) is 0 Å². The van der Waals surface area contributed by atoms with Gasteiger partial charge in [-0.2, -0.15) is 0 Å². The molecule has 0 aliphatic carbocycles. The molecule has 0 saturated carbocycles. The van der Waals surface area contributed by atoms with E-state index in [9.17, 15) is 0 Å². The van der Waals surface area contributed by atoms with E-state index in [1.54, 1.807) is 0 Å². The Morgan fingerprint density at radius 1 is 1.29 bits per heavy atom. The molecule has 78 valence electrons. The Bertz CT molecular complexity index is 256. The minimum Gasteiger partial charge on any atom is -0.311 e. The average Bonchev–Trinajstić information content (AvgIpc) is 2.21. The van der Waals surface area contributed by atoms with Gasteiger partial charge in [0.15, 0.2) is 0 Å². The molecule has 1 aromatic rings. The first-order valence-electron chi connectivity index (χ1n) is 5.12. The average molecular weight is 212 g/mol. The van der Waals surface area contributed by atoms with E-state index in [1.165, 1.54) is 11.1 Å². The molecule has 0 saturated heterocycles. The summed E-state index contributed by atoms with van der Waals surface area (Å²) < 4.78 is 0. The van der Waals surface area contributed by atoms with Crippen LogP contribution in [-0.2, 0) is 6.54 Å². The predicted octanol–water partition coefficient (Wildman–Crippen LogP) is 3.10. The van der Waals surface area contributed by atoms with Crippen molar-refractivity contribution in [3.8, 4) is 0 Å². The Labute approximate surface area is 91.5 Å². The van der Waals surface area contributed by atoms with Gasteiger partial charge in [0.2, 0.25) is 0 Å². The third-order valence-corrected chi connectivity index (χ3v) is 2.72. The smallest absolute Gasteiger partial charge is 0.0458 e. The molecule has 1 atom stereocenters. The summed E-state index contributed by atoms with van der Waals surface area (Å²) in [5.74, 6) is 0. The number of rotatable bonds is 5. The number of nitrogens with one attached hydrogen (secondary N) is 1. The van der Waals surface area contributed by atoms with Crippen LogP contribution < -0.4 is 5.32 Å². The van der Waals surface area contributed by atoms with E-state index in [4.69, 9.17) is 11.6 Å². The van der Waals surface area contributed by atoms with Crippen LogP contribution in [0.2, 0.25) is 0 Å². The first-order valence-corrected chi connectivity index (χ1v) is 5.56. The second-order valence-corrected chi connectivity index (χ2v) is 4.24. The molecule has 1 unspecified atom stereocenters. The molecule has 0 aromatic heterocycles. The van der Waals surface area contributed by atoms with E-state index in [0.29, 0.717) is 0 Å². The molecule has 0 amide bonds. The highest BCUT2D eigenvalue weighted by molar-refractivity contribution is 6.20. The summed E-state index contributed by atoms with van der Waals surface area (Å²) in [5.41, 5.74) is 2.62. The topological polar surface area (TPSA) is 12.0 Å². The number of hydrogen-bond acceptors (Lipinski definition) is 1. The highest BCUT2D eigenvalue weighted by Gasteiger charge is 1.99. The van der Waals surface area contributed by atoms with Crippen LogP contribution in [0.1, 0.15) is 24.5 Å². The standard InChI is InChI=1S/C12H18ClN/c1-3-12(13)9-14-8-11-6-4-10(2)5-7-11/h4-7,12,14H,3,8-9H2,1-2H3. The largest absolute Gasteiger partial charge is 0.311 e. The minimum atomic E-state index is 0.250. The first kappa shape index (κ1) is 11.5. The van der Waals surface area contributed by atoms with Crippen LogP contribution in [0.25, 0.3) is 0 Å². The van der Waals surface area contributed by atoms with Gasteiger partial charge < -0.3 is 5.32 Å². The van der Waals surface area contributed by atoms with Crippen molar-refractivity contribution in [2.45, 2.75) is 32.2 Å². The summed E-state index contributed by atoms with van der Waals surface area (Å²) in [4.78, 5) is 0. The van der Waals surface area contributed by atoms with Crippen molar-refractivity contribution in [1.29, 1.82) is 0 Å². The molecular weight excluding hydrogens is 194 g/mol. The highest BCUT2D eigenvalue weighted by Crippen LogP contribution is 2.03. The molecule has 0 bridgehead atoms. The Hall–Kier alpha value is -0.530. The second kappa shape index (κ2) is 6.05. The maximum atomic E-state index is 5.99. The zero-order valence-electron chi connectivity index (χ0n) is 8.89. The van der Waals surface area contributed by atoms with Crippen molar-refractivity contribution in [3.63, 3.8) is 0 Å². The maximum absolute atomic E-state index is 5.99. The van der Waals surface area contributed by atoms with Crippen molar-refractivity contribution in [2.75, 3.05) is 6.54 Å². The molecule has 0 heterocycles.